The second-order valence-electron chi connectivity index (χ2n) is 4.89. The molecule has 7 heteroatoms. The van der Waals surface area contributed by atoms with Crippen LogP contribution in [0.15, 0.2) is 53.4 Å². The van der Waals surface area contributed by atoms with Crippen molar-refractivity contribution in [3.63, 3.8) is 0 Å². The van der Waals surface area contributed by atoms with E-state index in [1.165, 1.54) is 18.4 Å². The van der Waals surface area contributed by atoms with Crippen molar-refractivity contribution in [3.8, 4) is 0 Å². The summed E-state index contributed by atoms with van der Waals surface area (Å²) in [6, 6.07) is 12.4. The average molecular weight is 349 g/mol. The molecule has 1 atom stereocenters. The molecule has 24 heavy (non-hydrogen) atoms. The lowest BCUT2D eigenvalue weighted by Crippen LogP contribution is -2.28. The molecule has 0 saturated carbocycles. The lowest BCUT2D eigenvalue weighted by molar-refractivity contribution is -0.124. The second-order valence-corrected chi connectivity index (χ2v) is 6.24. The number of hydrogen-bond acceptors (Lipinski definition) is 4. The van der Waals surface area contributed by atoms with E-state index in [4.69, 9.17) is 4.74 Å². The number of halogens is 1. The molecule has 0 heterocycles. The molecular formula is C17H16FNO4S. The van der Waals surface area contributed by atoms with Gasteiger partial charge in [0.2, 0.25) is 0 Å². The average Bonchev–Trinajstić information content (AvgIpc) is 2.59. The number of esters is 1. The van der Waals surface area contributed by atoms with Crippen LogP contribution < -0.4 is 5.32 Å². The van der Waals surface area contributed by atoms with E-state index in [1.807, 2.05) is 0 Å². The normalized spacial score (nSPS) is 11.6. The third kappa shape index (κ3) is 4.73. The first-order valence-corrected chi connectivity index (χ1v) is 8.64. The minimum absolute atomic E-state index is 0.00137. The molecule has 2 aromatic rings. The largest absolute Gasteiger partial charge is 0.452 e. The van der Waals surface area contributed by atoms with Gasteiger partial charge in [0.25, 0.3) is 5.91 Å². The molecule has 5 nitrogen and oxygen atoms in total. The fourth-order valence-corrected chi connectivity index (χ4v) is 2.71. The van der Waals surface area contributed by atoms with Crippen molar-refractivity contribution in [2.24, 2.45) is 0 Å². The van der Waals surface area contributed by atoms with Crippen LogP contribution in [0, 0.1) is 5.82 Å². The minimum atomic E-state index is -1.35. The summed E-state index contributed by atoms with van der Waals surface area (Å²) in [7, 11) is -1.35. The van der Waals surface area contributed by atoms with Crippen LogP contribution in [0.3, 0.4) is 0 Å². The monoisotopic (exact) mass is 349 g/mol. The summed E-state index contributed by atoms with van der Waals surface area (Å²) in [5.41, 5.74) is 0.490. The van der Waals surface area contributed by atoms with Crippen molar-refractivity contribution >= 4 is 22.7 Å². The van der Waals surface area contributed by atoms with E-state index >= 15 is 0 Å². The Labute approximate surface area is 141 Å². The number of ether oxygens (including phenoxy) is 1. The van der Waals surface area contributed by atoms with Gasteiger partial charge in [-0.25, -0.2) is 9.18 Å². The first-order valence-electron chi connectivity index (χ1n) is 7.08. The van der Waals surface area contributed by atoms with Crippen LogP contribution >= 0.6 is 0 Å². The van der Waals surface area contributed by atoms with E-state index in [1.54, 1.807) is 36.4 Å². The summed E-state index contributed by atoms with van der Waals surface area (Å²) in [5.74, 6) is -1.71. The topological polar surface area (TPSA) is 72.5 Å². The smallest absolute Gasteiger partial charge is 0.339 e. The molecule has 2 rings (SSSR count). The maximum Gasteiger partial charge on any atom is 0.339 e. The molecule has 0 aliphatic carbocycles. The van der Waals surface area contributed by atoms with Crippen LogP contribution in [0.25, 0.3) is 0 Å². The summed E-state index contributed by atoms with van der Waals surface area (Å²) in [4.78, 5) is 24.1. The van der Waals surface area contributed by atoms with Gasteiger partial charge in [-0.3, -0.25) is 9.00 Å². The number of rotatable bonds is 6. The van der Waals surface area contributed by atoms with E-state index in [-0.39, 0.29) is 12.1 Å². The number of nitrogens with one attached hydrogen (secondary N) is 1. The van der Waals surface area contributed by atoms with E-state index in [9.17, 15) is 18.2 Å². The molecule has 0 aliphatic heterocycles. The van der Waals surface area contributed by atoms with Crippen LogP contribution in [0.4, 0.5) is 4.39 Å². The van der Waals surface area contributed by atoms with E-state index < -0.39 is 35.1 Å². The maximum atomic E-state index is 13.4. The Morgan fingerprint density at radius 1 is 1.12 bits per heavy atom. The van der Waals surface area contributed by atoms with Gasteiger partial charge in [0.05, 0.1) is 21.3 Å². The summed E-state index contributed by atoms with van der Waals surface area (Å²) in [6.45, 7) is -0.503. The molecule has 0 spiro atoms. The summed E-state index contributed by atoms with van der Waals surface area (Å²) in [6.07, 6.45) is 1.45. The number of amides is 1. The van der Waals surface area contributed by atoms with Crippen LogP contribution in [-0.4, -0.2) is 28.9 Å². The molecule has 0 aliphatic rings. The Balaban J connectivity index is 1.89. The molecule has 0 unspecified atom stereocenters. The van der Waals surface area contributed by atoms with Crippen molar-refractivity contribution in [3.05, 3.63) is 65.5 Å². The minimum Gasteiger partial charge on any atom is -0.452 e. The summed E-state index contributed by atoms with van der Waals surface area (Å²) in [5, 5.41) is 2.47. The van der Waals surface area contributed by atoms with Gasteiger partial charge in [0.1, 0.15) is 5.82 Å². The van der Waals surface area contributed by atoms with Crippen LogP contribution in [0.1, 0.15) is 15.9 Å². The summed E-state index contributed by atoms with van der Waals surface area (Å²) >= 11 is 0. The second kappa shape index (κ2) is 8.35. The van der Waals surface area contributed by atoms with Gasteiger partial charge in [-0.1, -0.05) is 30.3 Å². The first-order chi connectivity index (χ1) is 11.5. The SMILES string of the molecule is C[S@@](=O)c1ccccc1C(=O)OCC(=O)NCc1ccccc1F. The van der Waals surface area contributed by atoms with Crippen molar-refractivity contribution < 1.29 is 22.9 Å². The Hall–Kier alpha value is -2.54. The van der Waals surface area contributed by atoms with Crippen molar-refractivity contribution in [2.45, 2.75) is 11.4 Å². The molecule has 0 radical (unpaired) electrons. The van der Waals surface area contributed by atoms with Crippen molar-refractivity contribution in [1.82, 2.24) is 5.32 Å². The fraction of sp³-hybridized carbons (Fsp3) is 0.176. The zero-order valence-corrected chi connectivity index (χ0v) is 13.8. The molecule has 0 aromatic heterocycles. The van der Waals surface area contributed by atoms with Gasteiger partial charge < -0.3 is 10.1 Å². The molecule has 0 saturated heterocycles. The molecule has 2 aromatic carbocycles. The lowest BCUT2D eigenvalue weighted by Gasteiger charge is -2.09. The van der Waals surface area contributed by atoms with Crippen LogP contribution in [0.2, 0.25) is 0 Å². The Morgan fingerprint density at radius 2 is 1.79 bits per heavy atom. The zero-order chi connectivity index (χ0) is 17.5. The molecule has 0 bridgehead atoms. The van der Waals surface area contributed by atoms with Gasteiger partial charge in [0.15, 0.2) is 6.61 Å². The highest BCUT2D eigenvalue weighted by Gasteiger charge is 2.16. The molecule has 0 fully saturated rings. The molecule has 1 amide bonds. The fourth-order valence-electron chi connectivity index (χ4n) is 1.98. The maximum absolute atomic E-state index is 13.4. The van der Waals surface area contributed by atoms with Crippen LogP contribution in [0.5, 0.6) is 0 Å². The molecular weight excluding hydrogens is 333 g/mol. The third-order valence-electron chi connectivity index (χ3n) is 3.18. The Bertz CT molecular complexity index is 779. The van der Waals surface area contributed by atoms with Crippen molar-refractivity contribution in [1.29, 1.82) is 0 Å². The number of carbonyl (C=O) groups excluding carboxylic acids is 2. The standard InChI is InChI=1S/C17H16FNO4S/c1-24(22)15-9-5-3-7-13(15)17(21)23-11-16(20)19-10-12-6-2-4-8-14(12)18/h2-9H,10-11H2,1H3,(H,19,20)/t24-/m1/s1. The van der Waals surface area contributed by atoms with Gasteiger partial charge in [-0.2, -0.15) is 0 Å². The van der Waals surface area contributed by atoms with E-state index in [0.29, 0.717) is 10.5 Å². The highest BCUT2D eigenvalue weighted by Crippen LogP contribution is 2.13. The lowest BCUT2D eigenvalue weighted by atomic mass is 10.2. The highest BCUT2D eigenvalue weighted by atomic mass is 32.2. The molecule has 126 valence electrons. The predicted molar refractivity (Wildman–Crippen MR) is 87.3 cm³/mol. The van der Waals surface area contributed by atoms with Crippen LogP contribution in [-0.2, 0) is 26.9 Å². The third-order valence-corrected chi connectivity index (χ3v) is 4.16. The molecule has 1 N–H and O–H groups in total. The quantitative estimate of drug-likeness (QED) is 0.810. The van der Waals surface area contributed by atoms with E-state index in [0.717, 1.165) is 0 Å². The number of carbonyl (C=O) groups is 2. The van der Waals surface area contributed by atoms with E-state index in [2.05, 4.69) is 5.32 Å². The predicted octanol–water partition coefficient (Wildman–Crippen LogP) is 2.04. The number of hydrogen-bond donors (Lipinski definition) is 1. The van der Waals surface area contributed by atoms with Gasteiger partial charge in [0, 0.05) is 18.4 Å². The van der Waals surface area contributed by atoms with Crippen molar-refractivity contribution in [2.75, 3.05) is 12.9 Å². The zero-order valence-electron chi connectivity index (χ0n) is 13.0. The summed E-state index contributed by atoms with van der Waals surface area (Å²) < 4.78 is 29.9. The van der Waals surface area contributed by atoms with Gasteiger partial charge >= 0.3 is 5.97 Å². The van der Waals surface area contributed by atoms with Gasteiger partial charge in [-0.05, 0) is 18.2 Å². The number of benzene rings is 2. The first kappa shape index (κ1) is 17.8. The Morgan fingerprint density at radius 3 is 2.50 bits per heavy atom. The Kier molecular flexibility index (Phi) is 6.20. The highest BCUT2D eigenvalue weighted by molar-refractivity contribution is 7.84. The van der Waals surface area contributed by atoms with Gasteiger partial charge in [-0.15, -0.1) is 0 Å².